The van der Waals surface area contributed by atoms with Crippen molar-refractivity contribution < 1.29 is 4.74 Å². The van der Waals surface area contributed by atoms with E-state index in [4.69, 9.17) is 14.7 Å². The van der Waals surface area contributed by atoms with E-state index >= 15 is 0 Å². The highest BCUT2D eigenvalue weighted by molar-refractivity contribution is 7.97. The lowest BCUT2D eigenvalue weighted by Crippen LogP contribution is -2.44. The van der Waals surface area contributed by atoms with E-state index in [0.717, 1.165) is 56.1 Å². The number of anilines is 1. The van der Waals surface area contributed by atoms with Crippen molar-refractivity contribution in [2.45, 2.75) is 72.2 Å². The minimum atomic E-state index is 0.635. The number of hydrogen-bond acceptors (Lipinski definition) is 6. The lowest BCUT2D eigenvalue weighted by Gasteiger charge is -2.28. The van der Waals surface area contributed by atoms with E-state index in [1.165, 1.54) is 27.7 Å². The SMILES string of the molecule is CC.CCC.Cc1ccc(SNCc2nc(N3CCOCC3)c3c(n2)=CCCC=3)c(C)c1. The van der Waals surface area contributed by atoms with E-state index in [2.05, 4.69) is 67.7 Å². The maximum absolute atomic E-state index is 5.51. The quantitative estimate of drug-likeness (QED) is 0.668. The van der Waals surface area contributed by atoms with Crippen LogP contribution < -0.4 is 20.2 Å². The first-order chi connectivity index (χ1) is 15.6. The number of hydrogen-bond donors (Lipinski definition) is 1. The fourth-order valence-corrected chi connectivity index (χ4v) is 4.22. The van der Waals surface area contributed by atoms with Gasteiger partial charge in [-0.2, -0.15) is 0 Å². The Morgan fingerprint density at radius 2 is 1.72 bits per heavy atom. The van der Waals surface area contributed by atoms with Gasteiger partial charge >= 0.3 is 0 Å². The zero-order valence-corrected chi connectivity index (χ0v) is 21.5. The van der Waals surface area contributed by atoms with Crippen molar-refractivity contribution in [2.24, 2.45) is 0 Å². The molecule has 0 atom stereocenters. The fourth-order valence-electron chi connectivity index (χ4n) is 3.51. The molecule has 1 saturated heterocycles. The minimum absolute atomic E-state index is 0.635. The van der Waals surface area contributed by atoms with Crippen molar-refractivity contribution in [1.82, 2.24) is 14.7 Å². The summed E-state index contributed by atoms with van der Waals surface area (Å²) in [4.78, 5) is 13.3. The molecule has 0 bridgehead atoms. The highest BCUT2D eigenvalue weighted by Gasteiger charge is 2.16. The molecule has 0 amide bonds. The van der Waals surface area contributed by atoms with Crippen LogP contribution in [0.15, 0.2) is 23.1 Å². The molecule has 5 nitrogen and oxygen atoms in total. The van der Waals surface area contributed by atoms with Crippen LogP contribution in [-0.2, 0) is 11.3 Å². The van der Waals surface area contributed by atoms with Gasteiger partial charge in [0, 0.05) is 23.2 Å². The largest absolute Gasteiger partial charge is 0.378 e. The first kappa shape index (κ1) is 26.4. The van der Waals surface area contributed by atoms with E-state index in [-0.39, 0.29) is 0 Å². The van der Waals surface area contributed by atoms with Gasteiger partial charge in [-0.05, 0) is 50.3 Å². The zero-order valence-electron chi connectivity index (χ0n) is 20.7. The third kappa shape index (κ3) is 7.61. The minimum Gasteiger partial charge on any atom is -0.378 e. The molecule has 176 valence electrons. The van der Waals surface area contributed by atoms with Gasteiger partial charge in [0.25, 0.3) is 0 Å². The molecule has 6 heteroatoms. The molecule has 2 heterocycles. The molecule has 0 spiro atoms. The van der Waals surface area contributed by atoms with Gasteiger partial charge in [-0.1, -0.05) is 64.0 Å². The number of morpholine rings is 1. The average Bonchev–Trinajstić information content (AvgIpc) is 2.82. The van der Waals surface area contributed by atoms with E-state index < -0.39 is 0 Å². The monoisotopic (exact) mass is 456 g/mol. The lowest BCUT2D eigenvalue weighted by molar-refractivity contribution is 0.122. The van der Waals surface area contributed by atoms with Crippen molar-refractivity contribution in [2.75, 3.05) is 31.2 Å². The summed E-state index contributed by atoms with van der Waals surface area (Å²) < 4.78 is 8.95. The molecule has 0 unspecified atom stereocenters. The van der Waals surface area contributed by atoms with E-state index in [9.17, 15) is 0 Å². The van der Waals surface area contributed by atoms with Crippen LogP contribution in [0.25, 0.3) is 12.2 Å². The van der Waals surface area contributed by atoms with Gasteiger partial charge < -0.3 is 9.64 Å². The predicted molar refractivity (Wildman–Crippen MR) is 138 cm³/mol. The normalized spacial score (nSPS) is 14.6. The van der Waals surface area contributed by atoms with E-state index in [0.29, 0.717) is 6.54 Å². The van der Waals surface area contributed by atoms with Crippen LogP contribution in [0.4, 0.5) is 5.82 Å². The number of ether oxygens (including phenoxy) is 1. The van der Waals surface area contributed by atoms with Crippen molar-refractivity contribution in [1.29, 1.82) is 0 Å². The predicted octanol–water partition coefficient (Wildman–Crippen LogP) is 4.52. The van der Waals surface area contributed by atoms with Gasteiger partial charge in [-0.25, -0.2) is 9.97 Å². The Morgan fingerprint density at radius 1 is 1.03 bits per heavy atom. The molecule has 2 aliphatic rings. The second kappa shape index (κ2) is 14.3. The van der Waals surface area contributed by atoms with Crippen molar-refractivity contribution in [3.8, 4) is 0 Å². The molecule has 1 aromatic carbocycles. The number of rotatable bonds is 5. The standard InChI is InChI=1S/C21H26N4OS.C3H8.C2H6/c1-15-7-8-19(16(2)13-15)27-22-14-20-23-18-6-4-3-5-17(18)21(24-20)25-9-11-26-12-10-25;1-3-2;1-2/h5-8,13,22H,3-4,9-12,14H2,1-2H3;3H2,1-2H3;1-2H3. The maximum atomic E-state index is 5.51. The van der Waals surface area contributed by atoms with Crippen molar-refractivity contribution in [3.63, 3.8) is 0 Å². The fraction of sp³-hybridized carbons (Fsp3) is 0.538. The molecule has 1 aliphatic carbocycles. The van der Waals surface area contributed by atoms with Crippen LogP contribution in [0.3, 0.4) is 0 Å². The first-order valence-corrected chi connectivity index (χ1v) is 12.8. The average molecular weight is 457 g/mol. The Labute approximate surface area is 198 Å². The van der Waals surface area contributed by atoms with E-state index in [1.807, 2.05) is 13.8 Å². The van der Waals surface area contributed by atoms with Gasteiger partial charge in [-0.15, -0.1) is 0 Å². The summed E-state index contributed by atoms with van der Waals surface area (Å²) in [7, 11) is 0. The second-order valence-corrected chi connectivity index (χ2v) is 8.68. The molecule has 1 aliphatic heterocycles. The molecular weight excluding hydrogens is 416 g/mol. The number of fused-ring (bicyclic) bond motifs is 1. The van der Waals surface area contributed by atoms with Gasteiger partial charge in [0.15, 0.2) is 0 Å². The van der Waals surface area contributed by atoms with Crippen LogP contribution in [0, 0.1) is 13.8 Å². The Hall–Kier alpha value is -1.89. The van der Waals surface area contributed by atoms with Crippen LogP contribution in [-0.4, -0.2) is 36.3 Å². The van der Waals surface area contributed by atoms with E-state index in [1.54, 1.807) is 11.9 Å². The number of nitrogens with one attached hydrogen (secondary N) is 1. The van der Waals surface area contributed by atoms with Gasteiger partial charge in [0.05, 0.1) is 25.1 Å². The van der Waals surface area contributed by atoms with Crippen LogP contribution in [0.5, 0.6) is 0 Å². The number of benzene rings is 1. The van der Waals surface area contributed by atoms with Crippen molar-refractivity contribution >= 4 is 29.9 Å². The maximum Gasteiger partial charge on any atom is 0.146 e. The van der Waals surface area contributed by atoms with Gasteiger partial charge in [0.2, 0.25) is 0 Å². The lowest BCUT2D eigenvalue weighted by atomic mass is 10.1. The molecule has 1 fully saturated rings. The molecule has 32 heavy (non-hydrogen) atoms. The Bertz CT molecular complexity index is 955. The first-order valence-electron chi connectivity index (χ1n) is 12.0. The molecule has 4 rings (SSSR count). The summed E-state index contributed by atoms with van der Waals surface area (Å²) in [6, 6.07) is 6.52. The third-order valence-electron chi connectivity index (χ3n) is 4.91. The van der Waals surface area contributed by atoms with Gasteiger partial charge in [0.1, 0.15) is 11.6 Å². The van der Waals surface area contributed by atoms with Crippen LogP contribution in [0.1, 0.15) is 63.9 Å². The molecule has 0 saturated carbocycles. The second-order valence-electron chi connectivity index (χ2n) is 7.75. The Balaban J connectivity index is 0.000000671. The molecule has 2 aromatic rings. The highest BCUT2D eigenvalue weighted by Crippen LogP contribution is 2.20. The number of aromatic nitrogens is 2. The summed E-state index contributed by atoms with van der Waals surface area (Å²) >= 11 is 1.65. The topological polar surface area (TPSA) is 50.3 Å². The molecular formula is C26H40N4OS. The summed E-state index contributed by atoms with van der Waals surface area (Å²) in [5.74, 6) is 1.91. The summed E-state index contributed by atoms with van der Waals surface area (Å²) in [5.41, 5.74) is 2.58. The summed E-state index contributed by atoms with van der Waals surface area (Å²) in [5, 5.41) is 2.26. The smallest absolute Gasteiger partial charge is 0.146 e. The van der Waals surface area contributed by atoms with Crippen LogP contribution >= 0.6 is 11.9 Å². The Morgan fingerprint density at radius 3 is 2.41 bits per heavy atom. The zero-order chi connectivity index (χ0) is 23.3. The summed E-state index contributed by atoms with van der Waals surface area (Å²) in [6.45, 7) is 16.5. The van der Waals surface area contributed by atoms with Gasteiger partial charge in [-0.3, -0.25) is 4.72 Å². The molecule has 0 radical (unpaired) electrons. The number of aryl methyl sites for hydroxylation is 2. The Kier molecular flexibility index (Phi) is 11.8. The van der Waals surface area contributed by atoms with Crippen LogP contribution in [0.2, 0.25) is 0 Å². The molecule has 1 aromatic heterocycles. The van der Waals surface area contributed by atoms with Crippen molar-refractivity contribution in [3.05, 3.63) is 45.7 Å². The summed E-state index contributed by atoms with van der Waals surface area (Å²) in [6.07, 6.45) is 7.88. The number of nitrogens with zero attached hydrogens (tertiary/aromatic N) is 3. The highest BCUT2D eigenvalue weighted by atomic mass is 32.2. The third-order valence-corrected chi connectivity index (χ3v) is 5.87. The molecule has 1 N–H and O–H groups in total.